The van der Waals surface area contributed by atoms with Crippen LogP contribution in [0.5, 0.6) is 5.75 Å². The number of hydrogen-bond donors (Lipinski definition) is 1. The van der Waals surface area contributed by atoms with Gasteiger partial charge in [0, 0.05) is 18.7 Å². The molecule has 1 aliphatic heterocycles. The summed E-state index contributed by atoms with van der Waals surface area (Å²) in [4.78, 5) is 25.5. The molecule has 2 rings (SSSR count). The number of benzene rings is 1. The Bertz CT molecular complexity index is 540. The Kier molecular flexibility index (Phi) is 4.83. The molecule has 0 aliphatic carbocycles. The molecule has 0 fully saturated rings. The first kappa shape index (κ1) is 15.4. The lowest BCUT2D eigenvalue weighted by atomic mass is 10.1. The van der Waals surface area contributed by atoms with E-state index >= 15 is 0 Å². The second-order valence-electron chi connectivity index (χ2n) is 5.66. The van der Waals surface area contributed by atoms with E-state index in [1.807, 2.05) is 20.8 Å². The molecule has 1 aromatic rings. The molecule has 0 bridgehead atoms. The Morgan fingerprint density at radius 3 is 2.86 bits per heavy atom. The van der Waals surface area contributed by atoms with Crippen LogP contribution in [0.1, 0.15) is 33.6 Å². The molecule has 0 unspecified atom stereocenters. The summed E-state index contributed by atoms with van der Waals surface area (Å²) in [6, 6.07) is 5.41. The summed E-state index contributed by atoms with van der Waals surface area (Å²) in [5.74, 6) is 0.930. The van der Waals surface area contributed by atoms with E-state index in [4.69, 9.17) is 4.74 Å². The van der Waals surface area contributed by atoms with Crippen molar-refractivity contribution >= 4 is 23.2 Å². The Morgan fingerprint density at radius 1 is 1.43 bits per heavy atom. The van der Waals surface area contributed by atoms with Gasteiger partial charge in [0.05, 0.1) is 5.69 Å². The van der Waals surface area contributed by atoms with E-state index in [1.54, 1.807) is 23.1 Å². The quantitative estimate of drug-likeness (QED) is 0.907. The molecular weight excluding hydrogens is 268 g/mol. The fraction of sp³-hybridized carbons (Fsp3) is 0.500. The van der Waals surface area contributed by atoms with Crippen molar-refractivity contribution in [1.29, 1.82) is 0 Å². The van der Waals surface area contributed by atoms with Crippen molar-refractivity contribution in [2.45, 2.75) is 33.6 Å². The van der Waals surface area contributed by atoms with Gasteiger partial charge in [0.1, 0.15) is 5.75 Å². The largest absolute Gasteiger partial charge is 0.482 e. The number of nitrogens with zero attached hydrogens (tertiary/aromatic N) is 1. The van der Waals surface area contributed by atoms with Crippen LogP contribution in [0.3, 0.4) is 0 Å². The third-order valence-electron chi connectivity index (χ3n) is 3.23. The summed E-state index contributed by atoms with van der Waals surface area (Å²) in [5.41, 5.74) is 1.43. The van der Waals surface area contributed by atoms with Crippen LogP contribution in [-0.4, -0.2) is 25.0 Å². The van der Waals surface area contributed by atoms with Crippen LogP contribution in [0, 0.1) is 5.92 Å². The molecule has 0 saturated heterocycles. The predicted molar refractivity (Wildman–Crippen MR) is 82.7 cm³/mol. The minimum Gasteiger partial charge on any atom is -0.482 e. The van der Waals surface area contributed by atoms with Gasteiger partial charge in [0.15, 0.2) is 6.61 Å². The Balaban J connectivity index is 2.20. The summed E-state index contributed by atoms with van der Waals surface area (Å²) < 4.78 is 5.43. The average molecular weight is 290 g/mol. The normalized spacial score (nSPS) is 13.9. The maximum atomic E-state index is 11.9. The zero-order chi connectivity index (χ0) is 15.4. The predicted octanol–water partition coefficient (Wildman–Crippen LogP) is 2.81. The van der Waals surface area contributed by atoms with Crippen molar-refractivity contribution in [3.8, 4) is 5.75 Å². The molecule has 0 radical (unpaired) electrons. The summed E-state index contributed by atoms with van der Waals surface area (Å²) in [6.45, 7) is 6.76. The van der Waals surface area contributed by atoms with Gasteiger partial charge in [-0.1, -0.05) is 20.8 Å². The number of hydrogen-bond acceptors (Lipinski definition) is 3. The number of amides is 2. The maximum absolute atomic E-state index is 11.9. The van der Waals surface area contributed by atoms with Gasteiger partial charge in [-0.25, -0.2) is 0 Å². The number of fused-ring (bicyclic) bond motifs is 1. The Hall–Kier alpha value is -2.04. The van der Waals surface area contributed by atoms with Crippen molar-refractivity contribution in [3.05, 3.63) is 18.2 Å². The Morgan fingerprint density at radius 2 is 2.19 bits per heavy atom. The summed E-state index contributed by atoms with van der Waals surface area (Å²) in [7, 11) is 0. The van der Waals surface area contributed by atoms with E-state index in [9.17, 15) is 9.59 Å². The standard InChI is InChI=1S/C16H22N2O3/c1-4-7-18-13-9-12(17-15(19)8-11(2)3)5-6-14(13)21-10-16(18)20/h5-6,9,11H,4,7-8,10H2,1-3H3,(H,17,19). The molecule has 114 valence electrons. The molecule has 0 aromatic heterocycles. The number of ether oxygens (including phenoxy) is 1. The molecule has 21 heavy (non-hydrogen) atoms. The van der Waals surface area contributed by atoms with E-state index in [0.29, 0.717) is 30.3 Å². The molecule has 5 nitrogen and oxygen atoms in total. The molecule has 0 atom stereocenters. The third-order valence-corrected chi connectivity index (χ3v) is 3.23. The van der Waals surface area contributed by atoms with Gasteiger partial charge in [0.25, 0.3) is 5.91 Å². The summed E-state index contributed by atoms with van der Waals surface area (Å²) >= 11 is 0. The summed E-state index contributed by atoms with van der Waals surface area (Å²) in [6.07, 6.45) is 1.35. The highest BCUT2D eigenvalue weighted by Gasteiger charge is 2.25. The second-order valence-corrected chi connectivity index (χ2v) is 5.66. The molecule has 1 heterocycles. The molecule has 0 saturated carbocycles. The van der Waals surface area contributed by atoms with Gasteiger partial charge in [-0.05, 0) is 30.5 Å². The highest BCUT2D eigenvalue weighted by atomic mass is 16.5. The Labute approximate surface area is 125 Å². The fourth-order valence-corrected chi connectivity index (χ4v) is 2.33. The van der Waals surface area contributed by atoms with Crippen molar-refractivity contribution in [2.75, 3.05) is 23.4 Å². The summed E-state index contributed by atoms with van der Waals surface area (Å²) in [5, 5.41) is 2.87. The number of carbonyl (C=O) groups is 2. The minimum absolute atomic E-state index is 0.0185. The number of carbonyl (C=O) groups excluding carboxylic acids is 2. The zero-order valence-electron chi connectivity index (χ0n) is 12.8. The van der Waals surface area contributed by atoms with Crippen LogP contribution in [0.25, 0.3) is 0 Å². The van der Waals surface area contributed by atoms with E-state index in [2.05, 4.69) is 5.32 Å². The van der Waals surface area contributed by atoms with Crippen molar-refractivity contribution in [3.63, 3.8) is 0 Å². The van der Waals surface area contributed by atoms with Crippen molar-refractivity contribution < 1.29 is 14.3 Å². The average Bonchev–Trinajstić information content (AvgIpc) is 2.41. The topological polar surface area (TPSA) is 58.6 Å². The smallest absolute Gasteiger partial charge is 0.265 e. The van der Waals surface area contributed by atoms with Gasteiger partial charge in [-0.15, -0.1) is 0 Å². The molecule has 1 aromatic carbocycles. The van der Waals surface area contributed by atoms with Crippen LogP contribution >= 0.6 is 0 Å². The fourth-order valence-electron chi connectivity index (χ4n) is 2.33. The lowest BCUT2D eigenvalue weighted by Gasteiger charge is -2.29. The first-order valence-electron chi connectivity index (χ1n) is 7.38. The van der Waals surface area contributed by atoms with E-state index in [0.717, 1.165) is 12.1 Å². The third kappa shape index (κ3) is 3.74. The highest BCUT2D eigenvalue weighted by Crippen LogP contribution is 2.34. The SMILES string of the molecule is CCCN1C(=O)COc2ccc(NC(=O)CC(C)C)cc21. The molecule has 0 spiro atoms. The van der Waals surface area contributed by atoms with Gasteiger partial charge in [-0.3, -0.25) is 9.59 Å². The van der Waals surface area contributed by atoms with Gasteiger partial charge >= 0.3 is 0 Å². The highest BCUT2D eigenvalue weighted by molar-refractivity contribution is 5.99. The number of rotatable bonds is 5. The second kappa shape index (κ2) is 6.61. The minimum atomic E-state index is -0.0463. The van der Waals surface area contributed by atoms with Crippen LogP contribution in [0.15, 0.2) is 18.2 Å². The van der Waals surface area contributed by atoms with E-state index in [-0.39, 0.29) is 18.4 Å². The lowest BCUT2D eigenvalue weighted by Crippen LogP contribution is -2.39. The first-order chi connectivity index (χ1) is 10.0. The zero-order valence-corrected chi connectivity index (χ0v) is 12.8. The van der Waals surface area contributed by atoms with Gasteiger partial charge < -0.3 is 15.0 Å². The molecule has 5 heteroatoms. The van der Waals surface area contributed by atoms with E-state index < -0.39 is 0 Å². The van der Waals surface area contributed by atoms with Crippen LogP contribution in [-0.2, 0) is 9.59 Å². The first-order valence-corrected chi connectivity index (χ1v) is 7.38. The molecule has 1 N–H and O–H groups in total. The lowest BCUT2D eigenvalue weighted by molar-refractivity contribution is -0.121. The molecule has 1 aliphatic rings. The maximum Gasteiger partial charge on any atom is 0.265 e. The molecule has 2 amide bonds. The van der Waals surface area contributed by atoms with Crippen molar-refractivity contribution in [1.82, 2.24) is 0 Å². The van der Waals surface area contributed by atoms with Gasteiger partial charge in [0.2, 0.25) is 5.91 Å². The van der Waals surface area contributed by atoms with E-state index in [1.165, 1.54) is 0 Å². The number of nitrogens with one attached hydrogen (secondary N) is 1. The van der Waals surface area contributed by atoms with Gasteiger partial charge in [-0.2, -0.15) is 0 Å². The van der Waals surface area contributed by atoms with Crippen LogP contribution in [0.4, 0.5) is 11.4 Å². The monoisotopic (exact) mass is 290 g/mol. The van der Waals surface area contributed by atoms with Crippen molar-refractivity contribution in [2.24, 2.45) is 5.92 Å². The van der Waals surface area contributed by atoms with Crippen LogP contribution < -0.4 is 15.0 Å². The number of anilines is 2. The molecular formula is C16H22N2O3. The van der Waals surface area contributed by atoms with Crippen LogP contribution in [0.2, 0.25) is 0 Å².